The average molecular weight is 310 g/mol. The van der Waals surface area contributed by atoms with Crippen LogP contribution in [0.25, 0.3) is 11.1 Å². The molecule has 0 spiro atoms. The number of ether oxygens (including phenoxy) is 1. The summed E-state index contributed by atoms with van der Waals surface area (Å²) in [7, 11) is 1.64. The molecular weight excluding hydrogens is 292 g/mol. The Kier molecular flexibility index (Phi) is 4.39. The number of carbonyl (C=O) groups excluding carboxylic acids is 2. The number of hydrogen-bond donors (Lipinski definition) is 2. The third kappa shape index (κ3) is 3.10. The minimum atomic E-state index is -0.716. The zero-order valence-electron chi connectivity index (χ0n) is 12.8. The van der Waals surface area contributed by atoms with E-state index in [0.29, 0.717) is 0 Å². The molecule has 1 aliphatic rings. The number of rotatable bonds is 4. The van der Waals surface area contributed by atoms with Gasteiger partial charge < -0.3 is 10.1 Å². The summed E-state index contributed by atoms with van der Waals surface area (Å²) in [5, 5.41) is 4.87. The molecular formula is C18H18N2O3. The van der Waals surface area contributed by atoms with E-state index < -0.39 is 12.0 Å². The zero-order valence-corrected chi connectivity index (χ0v) is 12.8. The van der Waals surface area contributed by atoms with Gasteiger partial charge in [0.1, 0.15) is 6.61 Å². The molecule has 0 aromatic heterocycles. The van der Waals surface area contributed by atoms with Gasteiger partial charge in [-0.1, -0.05) is 48.5 Å². The van der Waals surface area contributed by atoms with Crippen molar-refractivity contribution in [1.82, 2.24) is 10.6 Å². The van der Waals surface area contributed by atoms with Crippen LogP contribution >= 0.6 is 0 Å². The Morgan fingerprint density at radius 2 is 1.57 bits per heavy atom. The second-order valence-electron chi connectivity index (χ2n) is 5.40. The third-order valence-corrected chi connectivity index (χ3v) is 3.92. The largest absolute Gasteiger partial charge is 0.448 e. The van der Waals surface area contributed by atoms with Crippen LogP contribution in [0.4, 0.5) is 4.79 Å². The SMILES string of the molecule is CNCC(=O)NC(=O)OCC1c2ccccc2-c2ccccc21. The summed E-state index contributed by atoms with van der Waals surface area (Å²) >= 11 is 0. The van der Waals surface area contributed by atoms with Crippen LogP contribution in [0.1, 0.15) is 17.0 Å². The lowest BCUT2D eigenvalue weighted by Crippen LogP contribution is -2.37. The Bertz CT molecular complexity index is 697. The molecule has 2 aromatic rings. The molecule has 23 heavy (non-hydrogen) atoms. The van der Waals surface area contributed by atoms with Crippen molar-refractivity contribution in [3.8, 4) is 11.1 Å². The maximum atomic E-state index is 11.7. The van der Waals surface area contributed by atoms with Gasteiger partial charge in [-0.2, -0.15) is 0 Å². The van der Waals surface area contributed by atoms with Crippen molar-refractivity contribution in [3.63, 3.8) is 0 Å². The minimum absolute atomic E-state index is 0.00690. The average Bonchev–Trinajstić information content (AvgIpc) is 2.87. The maximum absolute atomic E-state index is 11.7. The first kappa shape index (κ1) is 15.2. The predicted octanol–water partition coefficient (Wildman–Crippen LogP) is 2.27. The third-order valence-electron chi connectivity index (χ3n) is 3.92. The number of imide groups is 1. The van der Waals surface area contributed by atoms with E-state index in [1.807, 2.05) is 36.4 Å². The van der Waals surface area contributed by atoms with Crippen LogP contribution in [0.5, 0.6) is 0 Å². The van der Waals surface area contributed by atoms with Crippen molar-refractivity contribution < 1.29 is 14.3 Å². The van der Waals surface area contributed by atoms with Crippen LogP contribution in [-0.2, 0) is 9.53 Å². The first-order chi connectivity index (χ1) is 11.2. The molecule has 3 rings (SSSR count). The molecule has 1 aliphatic carbocycles. The van der Waals surface area contributed by atoms with Gasteiger partial charge in [-0.05, 0) is 29.3 Å². The molecule has 0 saturated carbocycles. The van der Waals surface area contributed by atoms with Crippen molar-refractivity contribution in [2.75, 3.05) is 20.2 Å². The van der Waals surface area contributed by atoms with Crippen LogP contribution in [0.2, 0.25) is 0 Å². The second-order valence-corrected chi connectivity index (χ2v) is 5.40. The summed E-state index contributed by atoms with van der Waals surface area (Å²) in [6, 6.07) is 16.2. The van der Waals surface area contributed by atoms with Crippen LogP contribution in [0, 0.1) is 0 Å². The summed E-state index contributed by atoms with van der Waals surface area (Å²) in [5.41, 5.74) is 4.62. The van der Waals surface area contributed by atoms with Crippen molar-refractivity contribution in [2.24, 2.45) is 0 Å². The maximum Gasteiger partial charge on any atom is 0.413 e. The number of amides is 2. The lowest BCUT2D eigenvalue weighted by atomic mass is 9.98. The first-order valence-electron chi connectivity index (χ1n) is 7.50. The number of benzene rings is 2. The molecule has 0 atom stereocenters. The molecule has 5 nitrogen and oxygen atoms in total. The Hall–Kier alpha value is -2.66. The molecule has 118 valence electrons. The molecule has 0 saturated heterocycles. The van der Waals surface area contributed by atoms with Crippen LogP contribution in [0.3, 0.4) is 0 Å². The summed E-state index contributed by atoms with van der Waals surface area (Å²) < 4.78 is 5.26. The van der Waals surface area contributed by atoms with Gasteiger partial charge in [0.25, 0.3) is 0 Å². The van der Waals surface area contributed by atoms with Gasteiger partial charge >= 0.3 is 6.09 Å². The molecule has 0 heterocycles. The quantitative estimate of drug-likeness (QED) is 0.909. The van der Waals surface area contributed by atoms with E-state index in [1.165, 1.54) is 11.1 Å². The highest BCUT2D eigenvalue weighted by Crippen LogP contribution is 2.44. The molecule has 0 bridgehead atoms. The summed E-state index contributed by atoms with van der Waals surface area (Å²) in [6.45, 7) is 0.275. The van der Waals surface area contributed by atoms with E-state index >= 15 is 0 Å². The Labute approximate surface area is 134 Å². The van der Waals surface area contributed by atoms with E-state index in [2.05, 4.69) is 22.8 Å². The number of likely N-dealkylation sites (N-methyl/N-ethyl adjacent to an activating group) is 1. The van der Waals surface area contributed by atoms with Gasteiger partial charge in [0.2, 0.25) is 5.91 Å². The fourth-order valence-electron chi connectivity index (χ4n) is 2.95. The topological polar surface area (TPSA) is 67.4 Å². The Morgan fingerprint density at radius 3 is 2.13 bits per heavy atom. The summed E-state index contributed by atoms with van der Waals surface area (Å²) in [6.07, 6.45) is -0.716. The number of fused-ring (bicyclic) bond motifs is 3. The molecule has 2 N–H and O–H groups in total. The number of hydrogen-bond acceptors (Lipinski definition) is 4. The van der Waals surface area contributed by atoms with Gasteiger partial charge in [0.05, 0.1) is 6.54 Å². The molecule has 2 amide bonds. The van der Waals surface area contributed by atoms with Crippen molar-refractivity contribution in [1.29, 1.82) is 0 Å². The Morgan fingerprint density at radius 1 is 1.00 bits per heavy atom. The number of alkyl carbamates (subject to hydrolysis) is 1. The molecule has 0 radical (unpaired) electrons. The van der Waals surface area contributed by atoms with Gasteiger partial charge in [-0.3, -0.25) is 10.1 Å². The smallest absolute Gasteiger partial charge is 0.413 e. The lowest BCUT2D eigenvalue weighted by molar-refractivity contribution is -0.119. The van der Waals surface area contributed by atoms with E-state index in [0.717, 1.165) is 11.1 Å². The molecule has 0 aliphatic heterocycles. The first-order valence-corrected chi connectivity index (χ1v) is 7.50. The van der Waals surface area contributed by atoms with Crippen molar-refractivity contribution in [2.45, 2.75) is 5.92 Å². The summed E-state index contributed by atoms with van der Waals surface area (Å²) in [5.74, 6) is -0.419. The highest BCUT2D eigenvalue weighted by molar-refractivity contribution is 5.92. The highest BCUT2D eigenvalue weighted by atomic mass is 16.5. The van der Waals surface area contributed by atoms with Crippen LogP contribution in [0.15, 0.2) is 48.5 Å². The lowest BCUT2D eigenvalue weighted by Gasteiger charge is -2.14. The second kappa shape index (κ2) is 6.62. The van der Waals surface area contributed by atoms with Crippen LogP contribution in [-0.4, -0.2) is 32.2 Å². The molecule has 0 fully saturated rings. The van der Waals surface area contributed by atoms with E-state index in [1.54, 1.807) is 7.05 Å². The number of carbonyl (C=O) groups is 2. The highest BCUT2D eigenvalue weighted by Gasteiger charge is 2.29. The number of nitrogens with one attached hydrogen (secondary N) is 2. The van der Waals surface area contributed by atoms with Crippen molar-refractivity contribution in [3.05, 3.63) is 59.7 Å². The zero-order chi connectivity index (χ0) is 16.2. The van der Waals surface area contributed by atoms with Crippen molar-refractivity contribution >= 4 is 12.0 Å². The van der Waals surface area contributed by atoms with Gasteiger partial charge in [0.15, 0.2) is 0 Å². The fraction of sp³-hybridized carbons (Fsp3) is 0.222. The summed E-state index contributed by atoms with van der Waals surface area (Å²) in [4.78, 5) is 23.1. The van der Waals surface area contributed by atoms with E-state index in [4.69, 9.17) is 4.74 Å². The standard InChI is InChI=1S/C18H18N2O3/c1-19-10-17(21)20-18(22)23-11-16-14-8-4-2-6-12(14)13-7-3-5-9-15(13)16/h2-9,16,19H,10-11H2,1H3,(H,20,21,22). The fourth-order valence-corrected chi connectivity index (χ4v) is 2.95. The molecule has 2 aromatic carbocycles. The molecule has 0 unspecified atom stereocenters. The predicted molar refractivity (Wildman–Crippen MR) is 87.1 cm³/mol. The normalized spacial score (nSPS) is 12.4. The minimum Gasteiger partial charge on any atom is -0.448 e. The van der Waals surface area contributed by atoms with Crippen LogP contribution < -0.4 is 10.6 Å². The van der Waals surface area contributed by atoms with E-state index in [9.17, 15) is 9.59 Å². The van der Waals surface area contributed by atoms with Gasteiger partial charge in [-0.15, -0.1) is 0 Å². The molecule has 5 heteroatoms. The Balaban J connectivity index is 1.73. The van der Waals surface area contributed by atoms with Gasteiger partial charge in [0, 0.05) is 5.92 Å². The van der Waals surface area contributed by atoms with Gasteiger partial charge in [-0.25, -0.2) is 4.79 Å². The monoisotopic (exact) mass is 310 g/mol. The van der Waals surface area contributed by atoms with E-state index in [-0.39, 0.29) is 19.1 Å².